The highest BCUT2D eigenvalue weighted by molar-refractivity contribution is 6.62. The lowest BCUT2D eigenvalue weighted by Gasteiger charge is -2.34. The highest BCUT2D eigenvalue weighted by atomic mass is 16.7. The molecule has 4 nitrogen and oxygen atoms in total. The average molecular weight is 317 g/mol. The Morgan fingerprint density at radius 2 is 1.65 bits per heavy atom. The first-order chi connectivity index (χ1) is 10.7. The molecule has 2 aliphatic rings. The Kier molecular flexibility index (Phi) is 4.34. The molecule has 1 aromatic carbocycles. The average Bonchev–Trinajstić information content (AvgIpc) is 2.68. The third-order valence-electron chi connectivity index (χ3n) is 5.68. The van der Waals surface area contributed by atoms with Crippen LogP contribution in [0.5, 0.6) is 0 Å². The fraction of sp³-hybridized carbons (Fsp3) is 0.667. The van der Waals surface area contributed by atoms with Crippen LogP contribution < -0.4 is 5.46 Å². The number of likely N-dealkylation sites (tertiary alicyclic amines) is 1. The zero-order valence-corrected chi connectivity index (χ0v) is 14.9. The van der Waals surface area contributed by atoms with Crippen molar-refractivity contribution < 1.29 is 14.4 Å². The van der Waals surface area contributed by atoms with Crippen LogP contribution in [0.1, 0.15) is 45.6 Å². The molecule has 1 N–H and O–H groups in total. The molecule has 23 heavy (non-hydrogen) atoms. The summed E-state index contributed by atoms with van der Waals surface area (Å²) in [4.78, 5) is 2.18. The van der Waals surface area contributed by atoms with Crippen LogP contribution in [0.4, 0.5) is 0 Å². The van der Waals surface area contributed by atoms with Crippen molar-refractivity contribution in [3.8, 4) is 0 Å². The van der Waals surface area contributed by atoms with E-state index in [9.17, 15) is 5.11 Å². The Morgan fingerprint density at radius 1 is 1.09 bits per heavy atom. The van der Waals surface area contributed by atoms with Crippen molar-refractivity contribution >= 4 is 12.6 Å². The number of β-amino-alcohol motifs (C(OH)–C–C–N with tert-alkyl or cyclic N) is 1. The topological polar surface area (TPSA) is 41.9 Å². The van der Waals surface area contributed by atoms with Crippen molar-refractivity contribution in [3.63, 3.8) is 0 Å². The van der Waals surface area contributed by atoms with Crippen molar-refractivity contribution in [2.24, 2.45) is 0 Å². The second-order valence-electron chi connectivity index (χ2n) is 7.98. The van der Waals surface area contributed by atoms with Crippen molar-refractivity contribution in [1.82, 2.24) is 4.90 Å². The minimum atomic E-state index is -0.323. The molecule has 2 saturated heterocycles. The zero-order valence-electron chi connectivity index (χ0n) is 14.9. The van der Waals surface area contributed by atoms with E-state index >= 15 is 0 Å². The molecule has 0 saturated carbocycles. The number of likely N-dealkylation sites (N-methyl/N-ethyl adjacent to an activating group) is 1. The molecule has 0 aromatic heterocycles. The van der Waals surface area contributed by atoms with E-state index in [1.807, 2.05) is 0 Å². The van der Waals surface area contributed by atoms with E-state index in [0.717, 1.165) is 25.0 Å². The Balaban J connectivity index is 1.73. The third kappa shape index (κ3) is 3.20. The number of piperidine rings is 1. The SMILES string of the molecule is CN1CCC(c2ccc(B3OC(C)(C)C(C)(C)O3)cc2)C(O)C1. The minimum absolute atomic E-state index is 0.221. The van der Waals surface area contributed by atoms with Gasteiger partial charge in [-0.1, -0.05) is 24.3 Å². The standard InChI is InChI=1S/C18H28BNO3/c1-17(2)18(3,4)23-19(22-17)14-8-6-13(7-9-14)15-10-11-20(5)12-16(15)21/h6-9,15-16,21H,10-12H2,1-5H3. The minimum Gasteiger partial charge on any atom is -0.399 e. The second-order valence-corrected chi connectivity index (χ2v) is 7.98. The van der Waals surface area contributed by atoms with Crippen LogP contribution in [0, 0.1) is 0 Å². The van der Waals surface area contributed by atoms with Gasteiger partial charge in [-0.15, -0.1) is 0 Å². The lowest BCUT2D eigenvalue weighted by molar-refractivity contribution is 0.00578. The Labute approximate surface area is 139 Å². The quantitative estimate of drug-likeness (QED) is 0.844. The number of rotatable bonds is 2. The summed E-state index contributed by atoms with van der Waals surface area (Å²) in [5.74, 6) is 0.221. The van der Waals surface area contributed by atoms with Crippen LogP contribution >= 0.6 is 0 Å². The maximum absolute atomic E-state index is 10.3. The smallest absolute Gasteiger partial charge is 0.399 e. The molecule has 0 aliphatic carbocycles. The molecule has 0 amide bonds. The van der Waals surface area contributed by atoms with E-state index in [4.69, 9.17) is 9.31 Å². The molecule has 1 aromatic rings. The van der Waals surface area contributed by atoms with Gasteiger partial charge in [0.15, 0.2) is 0 Å². The first kappa shape index (κ1) is 17.0. The fourth-order valence-corrected chi connectivity index (χ4v) is 3.36. The molecule has 2 atom stereocenters. The van der Waals surface area contributed by atoms with E-state index in [1.54, 1.807) is 0 Å². The van der Waals surface area contributed by atoms with Gasteiger partial charge in [0.25, 0.3) is 0 Å². The summed E-state index contributed by atoms with van der Waals surface area (Å²) in [6.45, 7) is 10.0. The van der Waals surface area contributed by atoms with E-state index in [2.05, 4.69) is 63.9 Å². The molecule has 0 radical (unpaired) electrons. The molecule has 2 fully saturated rings. The highest BCUT2D eigenvalue weighted by Gasteiger charge is 2.51. The van der Waals surface area contributed by atoms with Crippen molar-refractivity contribution in [2.75, 3.05) is 20.1 Å². The van der Waals surface area contributed by atoms with Crippen molar-refractivity contribution in [2.45, 2.75) is 57.3 Å². The summed E-state index contributed by atoms with van der Waals surface area (Å²) in [5.41, 5.74) is 1.60. The normalized spacial score (nSPS) is 30.6. The van der Waals surface area contributed by atoms with Crippen LogP contribution in [0.25, 0.3) is 0 Å². The molecule has 2 heterocycles. The molecule has 3 rings (SSSR count). The van der Waals surface area contributed by atoms with Crippen LogP contribution in [0.2, 0.25) is 0 Å². The van der Waals surface area contributed by atoms with E-state index in [1.165, 1.54) is 5.56 Å². The number of nitrogens with zero attached hydrogens (tertiary/aromatic N) is 1. The van der Waals surface area contributed by atoms with Crippen molar-refractivity contribution in [1.29, 1.82) is 0 Å². The predicted molar refractivity (Wildman–Crippen MR) is 93.0 cm³/mol. The maximum Gasteiger partial charge on any atom is 0.494 e. The van der Waals surface area contributed by atoms with Crippen molar-refractivity contribution in [3.05, 3.63) is 29.8 Å². The van der Waals surface area contributed by atoms with Crippen LogP contribution in [0.15, 0.2) is 24.3 Å². The fourth-order valence-electron chi connectivity index (χ4n) is 3.36. The highest BCUT2D eigenvalue weighted by Crippen LogP contribution is 2.36. The summed E-state index contributed by atoms with van der Waals surface area (Å²) in [6, 6.07) is 8.37. The van der Waals surface area contributed by atoms with Crippen LogP contribution in [-0.2, 0) is 9.31 Å². The number of aliphatic hydroxyl groups is 1. The van der Waals surface area contributed by atoms with Gasteiger partial charge >= 0.3 is 7.12 Å². The lowest BCUT2D eigenvalue weighted by Crippen LogP contribution is -2.41. The van der Waals surface area contributed by atoms with E-state index in [0.29, 0.717) is 0 Å². The van der Waals surface area contributed by atoms with Gasteiger partial charge < -0.3 is 19.3 Å². The summed E-state index contributed by atoms with van der Waals surface area (Å²) < 4.78 is 12.2. The number of hydrogen-bond donors (Lipinski definition) is 1. The van der Waals surface area contributed by atoms with E-state index in [-0.39, 0.29) is 30.3 Å². The Hall–Kier alpha value is -0.875. The summed E-state index contributed by atoms with van der Waals surface area (Å²) in [5, 5.41) is 10.3. The third-order valence-corrected chi connectivity index (χ3v) is 5.68. The first-order valence-electron chi connectivity index (χ1n) is 8.52. The van der Waals surface area contributed by atoms with Gasteiger partial charge in [-0.25, -0.2) is 0 Å². The van der Waals surface area contributed by atoms with Gasteiger partial charge in [0, 0.05) is 12.5 Å². The summed E-state index contributed by atoms with van der Waals surface area (Å²) in [6.07, 6.45) is 0.699. The molecular formula is C18H28BNO3. The van der Waals surface area contributed by atoms with Crippen LogP contribution in [0.3, 0.4) is 0 Å². The van der Waals surface area contributed by atoms with Crippen LogP contribution in [-0.4, -0.2) is 54.6 Å². The number of aliphatic hydroxyl groups excluding tert-OH is 1. The molecule has 126 valence electrons. The van der Waals surface area contributed by atoms with Gasteiger partial charge in [-0.2, -0.15) is 0 Å². The Morgan fingerprint density at radius 3 is 2.17 bits per heavy atom. The predicted octanol–water partition coefficient (Wildman–Crippen LogP) is 1.77. The van der Waals surface area contributed by atoms with E-state index < -0.39 is 0 Å². The summed E-state index contributed by atoms with van der Waals surface area (Å²) in [7, 11) is 1.73. The number of benzene rings is 1. The number of hydrogen-bond acceptors (Lipinski definition) is 4. The molecule has 5 heteroatoms. The molecular weight excluding hydrogens is 289 g/mol. The first-order valence-corrected chi connectivity index (χ1v) is 8.52. The van der Waals surface area contributed by atoms with Gasteiger partial charge in [0.1, 0.15) is 0 Å². The van der Waals surface area contributed by atoms with Gasteiger partial charge in [-0.3, -0.25) is 0 Å². The Bertz CT molecular complexity index is 542. The summed E-state index contributed by atoms with van der Waals surface area (Å²) >= 11 is 0. The van der Waals surface area contributed by atoms with Gasteiger partial charge in [-0.05, 0) is 58.7 Å². The zero-order chi connectivity index (χ0) is 16.8. The molecule has 0 bridgehead atoms. The molecule has 0 spiro atoms. The monoisotopic (exact) mass is 317 g/mol. The second kappa shape index (κ2) is 5.89. The largest absolute Gasteiger partial charge is 0.494 e. The van der Waals surface area contributed by atoms with Gasteiger partial charge in [0.05, 0.1) is 17.3 Å². The van der Waals surface area contributed by atoms with Gasteiger partial charge in [0.2, 0.25) is 0 Å². The lowest BCUT2D eigenvalue weighted by atomic mass is 9.77. The molecule has 2 aliphatic heterocycles. The molecule has 2 unspecified atom stereocenters. The maximum atomic E-state index is 10.3.